The molecule has 3 aromatic rings. The molecule has 4 rings (SSSR count). The molecule has 0 bridgehead atoms. The molecule has 156 valence electrons. The number of aromatic nitrogens is 2. The number of carbonyl (C=O) groups excluding carboxylic acids is 1. The smallest absolute Gasteiger partial charge is 0.252 e. The Morgan fingerprint density at radius 1 is 1.06 bits per heavy atom. The lowest BCUT2D eigenvalue weighted by molar-refractivity contribution is 0.0958. The van der Waals surface area contributed by atoms with Crippen molar-refractivity contribution in [2.75, 3.05) is 37.7 Å². The molecule has 1 aliphatic rings. The Labute approximate surface area is 182 Å². The lowest BCUT2D eigenvalue weighted by atomic mass is 10.1. The summed E-state index contributed by atoms with van der Waals surface area (Å²) in [7, 11) is 0. The van der Waals surface area contributed by atoms with Gasteiger partial charge in [0.25, 0.3) is 5.91 Å². The molecule has 2 heterocycles. The van der Waals surface area contributed by atoms with Gasteiger partial charge in [0, 0.05) is 42.5 Å². The highest BCUT2D eigenvalue weighted by molar-refractivity contribution is 5.94. The topological polar surface area (TPSA) is 67.4 Å². The Morgan fingerprint density at radius 3 is 2.52 bits per heavy atom. The molecule has 1 amide bonds. The Hall–Kier alpha value is -3.69. The molecule has 0 atom stereocenters. The maximum atomic E-state index is 12.0. The van der Waals surface area contributed by atoms with Crippen LogP contribution in [0.25, 0.3) is 11.3 Å². The fourth-order valence-electron chi connectivity index (χ4n) is 3.50. The molecule has 0 radical (unpaired) electrons. The second-order valence-electron chi connectivity index (χ2n) is 7.26. The normalized spacial score (nSPS) is 13.5. The van der Waals surface area contributed by atoms with Crippen molar-refractivity contribution in [2.45, 2.75) is 6.42 Å². The predicted molar refractivity (Wildman–Crippen MR) is 121 cm³/mol. The monoisotopic (exact) mass is 412 g/mol. The molecule has 1 fully saturated rings. The van der Waals surface area contributed by atoms with Gasteiger partial charge in [-0.25, -0.2) is 9.97 Å². The summed E-state index contributed by atoms with van der Waals surface area (Å²) < 4.78 is 5.42. The first-order chi connectivity index (χ1) is 15.2. The number of benzene rings is 2. The summed E-state index contributed by atoms with van der Waals surface area (Å²) in [4.78, 5) is 23.5. The average Bonchev–Trinajstić information content (AvgIpc) is 2.84. The number of terminal acetylenes is 1. The van der Waals surface area contributed by atoms with Crippen LogP contribution in [0.1, 0.15) is 21.7 Å². The third-order valence-electron chi connectivity index (χ3n) is 5.17. The van der Waals surface area contributed by atoms with Crippen LogP contribution in [0.2, 0.25) is 0 Å². The first kappa shape index (κ1) is 20.6. The third-order valence-corrected chi connectivity index (χ3v) is 5.17. The van der Waals surface area contributed by atoms with Gasteiger partial charge in [0.1, 0.15) is 5.82 Å². The Kier molecular flexibility index (Phi) is 6.56. The molecule has 6 nitrogen and oxygen atoms in total. The minimum Gasteiger partial charge on any atom is -0.378 e. The van der Waals surface area contributed by atoms with Crippen LogP contribution >= 0.6 is 0 Å². The molecule has 1 aliphatic heterocycles. The van der Waals surface area contributed by atoms with E-state index in [-0.39, 0.29) is 12.5 Å². The van der Waals surface area contributed by atoms with Crippen LogP contribution in [0.4, 0.5) is 5.69 Å². The zero-order valence-corrected chi connectivity index (χ0v) is 17.3. The molecule has 2 aromatic carbocycles. The highest BCUT2D eigenvalue weighted by Gasteiger charge is 2.11. The van der Waals surface area contributed by atoms with E-state index in [1.807, 2.05) is 18.2 Å². The van der Waals surface area contributed by atoms with Gasteiger partial charge in [-0.15, -0.1) is 6.42 Å². The highest BCUT2D eigenvalue weighted by Crippen LogP contribution is 2.20. The molecule has 1 N–H and O–H groups in total. The zero-order chi connectivity index (χ0) is 21.5. The van der Waals surface area contributed by atoms with Crippen LogP contribution in [0, 0.1) is 12.3 Å². The van der Waals surface area contributed by atoms with E-state index in [1.165, 1.54) is 5.69 Å². The van der Waals surface area contributed by atoms with Crippen LogP contribution in [0.5, 0.6) is 0 Å². The van der Waals surface area contributed by atoms with Gasteiger partial charge in [0.05, 0.1) is 25.5 Å². The molecule has 1 aromatic heterocycles. The minimum atomic E-state index is -0.187. The molecular weight excluding hydrogens is 388 g/mol. The summed E-state index contributed by atoms with van der Waals surface area (Å²) in [5.41, 5.74) is 4.70. The van der Waals surface area contributed by atoms with Gasteiger partial charge in [0.15, 0.2) is 0 Å². The SMILES string of the molecule is C#CCNC(=O)c1ccc(-c2ccnc(Cc3ccc(N4CCOCC4)cc3)n2)cc1. The number of nitrogens with zero attached hydrogens (tertiary/aromatic N) is 3. The van der Waals surface area contributed by atoms with E-state index >= 15 is 0 Å². The number of hydrogen-bond acceptors (Lipinski definition) is 5. The van der Waals surface area contributed by atoms with Crippen molar-refractivity contribution in [3.63, 3.8) is 0 Å². The number of anilines is 1. The molecule has 0 unspecified atom stereocenters. The van der Waals surface area contributed by atoms with Crippen molar-refractivity contribution in [1.82, 2.24) is 15.3 Å². The molecular formula is C25H24N4O2. The van der Waals surface area contributed by atoms with E-state index in [2.05, 4.69) is 45.4 Å². The number of hydrogen-bond donors (Lipinski definition) is 1. The van der Waals surface area contributed by atoms with Crippen LogP contribution in [-0.2, 0) is 11.2 Å². The fourth-order valence-corrected chi connectivity index (χ4v) is 3.50. The van der Waals surface area contributed by atoms with Gasteiger partial charge in [-0.1, -0.05) is 30.2 Å². The second-order valence-corrected chi connectivity index (χ2v) is 7.26. The summed E-state index contributed by atoms with van der Waals surface area (Å²) in [5, 5.41) is 2.66. The van der Waals surface area contributed by atoms with Gasteiger partial charge in [0.2, 0.25) is 0 Å². The van der Waals surface area contributed by atoms with Crippen LogP contribution < -0.4 is 10.2 Å². The predicted octanol–water partition coefficient (Wildman–Crippen LogP) is 2.93. The number of morpholine rings is 1. The largest absolute Gasteiger partial charge is 0.378 e. The van der Waals surface area contributed by atoms with Crippen molar-refractivity contribution in [1.29, 1.82) is 0 Å². The van der Waals surface area contributed by atoms with Crippen molar-refractivity contribution in [3.05, 3.63) is 77.7 Å². The summed E-state index contributed by atoms with van der Waals surface area (Å²) in [5.74, 6) is 2.97. The first-order valence-corrected chi connectivity index (χ1v) is 10.3. The number of rotatable bonds is 6. The number of amides is 1. The maximum Gasteiger partial charge on any atom is 0.252 e. The Bertz CT molecular complexity index is 1070. The van der Waals surface area contributed by atoms with Crippen molar-refractivity contribution in [3.8, 4) is 23.6 Å². The molecule has 0 saturated carbocycles. The van der Waals surface area contributed by atoms with Crippen LogP contribution in [-0.4, -0.2) is 48.7 Å². The summed E-state index contributed by atoms with van der Waals surface area (Å²) >= 11 is 0. The standard InChI is InChI=1S/C25H24N4O2/c1-2-12-27-25(30)21-7-5-20(6-8-21)23-11-13-26-24(28-23)18-19-3-9-22(10-4-19)29-14-16-31-17-15-29/h1,3-11,13H,12,14-18H2,(H,27,30). The van der Waals surface area contributed by atoms with Gasteiger partial charge >= 0.3 is 0 Å². The maximum absolute atomic E-state index is 12.0. The molecule has 31 heavy (non-hydrogen) atoms. The molecule has 0 aliphatic carbocycles. The van der Waals surface area contributed by atoms with Crippen LogP contribution in [0.3, 0.4) is 0 Å². The first-order valence-electron chi connectivity index (χ1n) is 10.3. The van der Waals surface area contributed by atoms with E-state index < -0.39 is 0 Å². The van der Waals surface area contributed by atoms with Gasteiger partial charge in [-0.05, 0) is 35.9 Å². The van der Waals surface area contributed by atoms with Gasteiger partial charge < -0.3 is 15.0 Å². The fraction of sp³-hybridized carbons (Fsp3) is 0.240. The molecule has 6 heteroatoms. The quantitative estimate of drug-likeness (QED) is 0.631. The Balaban J connectivity index is 1.43. The van der Waals surface area contributed by atoms with Crippen LogP contribution in [0.15, 0.2) is 60.8 Å². The van der Waals surface area contributed by atoms with E-state index in [0.29, 0.717) is 12.0 Å². The van der Waals surface area contributed by atoms with E-state index in [0.717, 1.165) is 48.9 Å². The minimum absolute atomic E-state index is 0.187. The van der Waals surface area contributed by atoms with Crippen molar-refractivity contribution >= 4 is 11.6 Å². The van der Waals surface area contributed by atoms with Crippen molar-refractivity contribution < 1.29 is 9.53 Å². The summed E-state index contributed by atoms with van der Waals surface area (Å²) in [6.07, 6.45) is 7.61. The van der Waals surface area contributed by atoms with Gasteiger partial charge in [-0.2, -0.15) is 0 Å². The second kappa shape index (κ2) is 9.88. The molecule has 0 spiro atoms. The molecule has 1 saturated heterocycles. The average molecular weight is 412 g/mol. The van der Waals surface area contributed by atoms with E-state index in [4.69, 9.17) is 16.1 Å². The lowest BCUT2D eigenvalue weighted by Crippen LogP contribution is -2.36. The summed E-state index contributed by atoms with van der Waals surface area (Å²) in [6.45, 7) is 3.62. The Morgan fingerprint density at radius 2 is 1.81 bits per heavy atom. The number of ether oxygens (including phenoxy) is 1. The zero-order valence-electron chi connectivity index (χ0n) is 17.3. The summed E-state index contributed by atoms with van der Waals surface area (Å²) in [6, 6.07) is 17.7. The van der Waals surface area contributed by atoms with Crippen molar-refractivity contribution in [2.24, 2.45) is 0 Å². The highest BCUT2D eigenvalue weighted by atomic mass is 16.5. The number of carbonyl (C=O) groups is 1. The van der Waals surface area contributed by atoms with E-state index in [1.54, 1.807) is 18.3 Å². The number of nitrogens with one attached hydrogen (secondary N) is 1. The lowest BCUT2D eigenvalue weighted by Gasteiger charge is -2.28. The van der Waals surface area contributed by atoms with Gasteiger partial charge in [-0.3, -0.25) is 4.79 Å². The third kappa shape index (κ3) is 5.27. The van der Waals surface area contributed by atoms with E-state index in [9.17, 15) is 4.79 Å².